The predicted molar refractivity (Wildman–Crippen MR) is 84.1 cm³/mol. The molecule has 0 aliphatic heterocycles. The van der Waals surface area contributed by atoms with Crippen LogP contribution >= 0.6 is 0 Å². The summed E-state index contributed by atoms with van der Waals surface area (Å²) in [6.07, 6.45) is 4.16. The molecule has 1 aromatic carbocycles. The Labute approximate surface area is 130 Å². The lowest BCUT2D eigenvalue weighted by molar-refractivity contribution is -0.678. The minimum absolute atomic E-state index is 0.0122. The number of nitrogens with two attached hydrogens (primary N) is 1. The molecular formula is C18H23N2O2+. The van der Waals surface area contributed by atoms with Gasteiger partial charge in [0.05, 0.1) is 6.26 Å². The van der Waals surface area contributed by atoms with E-state index in [2.05, 4.69) is 24.4 Å². The third-order valence-electron chi connectivity index (χ3n) is 4.27. The van der Waals surface area contributed by atoms with Crippen LogP contribution in [0.4, 0.5) is 0 Å². The number of benzene rings is 1. The van der Waals surface area contributed by atoms with Crippen molar-refractivity contribution in [2.24, 2.45) is 5.92 Å². The summed E-state index contributed by atoms with van der Waals surface area (Å²) in [5.74, 6) is 1.64. The van der Waals surface area contributed by atoms with E-state index in [1.54, 1.807) is 6.26 Å². The summed E-state index contributed by atoms with van der Waals surface area (Å²) in [5.41, 5.74) is 1.14. The highest BCUT2D eigenvalue weighted by molar-refractivity contribution is 5.77. The molecule has 2 aromatic rings. The number of nitrogens with one attached hydrogen (secondary N) is 1. The van der Waals surface area contributed by atoms with Gasteiger partial charge in [0.2, 0.25) is 0 Å². The molecular weight excluding hydrogens is 276 g/mol. The highest BCUT2D eigenvalue weighted by Crippen LogP contribution is 2.32. The SMILES string of the molecule is C[C@H](NC(=O)C[NH2+][C@H](c1ccccc1)c1ccco1)C1CC1. The van der Waals surface area contributed by atoms with E-state index in [0.29, 0.717) is 18.5 Å². The van der Waals surface area contributed by atoms with Crippen molar-refractivity contribution in [2.45, 2.75) is 31.8 Å². The largest absolute Gasteiger partial charge is 0.463 e. The fourth-order valence-corrected chi connectivity index (χ4v) is 2.80. The number of carbonyl (C=O) groups excluding carboxylic acids is 1. The molecule has 1 fully saturated rings. The quantitative estimate of drug-likeness (QED) is 0.819. The van der Waals surface area contributed by atoms with Crippen LogP contribution in [-0.2, 0) is 4.79 Å². The van der Waals surface area contributed by atoms with Crippen LogP contribution in [0.15, 0.2) is 53.1 Å². The van der Waals surface area contributed by atoms with Gasteiger partial charge < -0.3 is 15.1 Å². The highest BCUT2D eigenvalue weighted by atomic mass is 16.3. The first kappa shape index (κ1) is 14.9. The van der Waals surface area contributed by atoms with Gasteiger partial charge in [-0.25, -0.2) is 0 Å². The lowest BCUT2D eigenvalue weighted by Crippen LogP contribution is -2.87. The predicted octanol–water partition coefficient (Wildman–Crippen LogP) is 1.85. The fourth-order valence-electron chi connectivity index (χ4n) is 2.80. The van der Waals surface area contributed by atoms with Gasteiger partial charge in [0.25, 0.3) is 5.91 Å². The zero-order valence-electron chi connectivity index (χ0n) is 12.9. The van der Waals surface area contributed by atoms with Crippen molar-refractivity contribution in [2.75, 3.05) is 6.54 Å². The Bertz CT molecular complexity index is 591. The minimum atomic E-state index is 0.0122. The molecule has 0 spiro atoms. The lowest BCUT2D eigenvalue weighted by Gasteiger charge is -2.16. The lowest BCUT2D eigenvalue weighted by atomic mass is 10.0. The van der Waals surface area contributed by atoms with Gasteiger partial charge in [-0.1, -0.05) is 30.3 Å². The Morgan fingerprint density at radius 3 is 2.68 bits per heavy atom. The molecule has 1 amide bonds. The van der Waals surface area contributed by atoms with Crippen LogP contribution in [0.2, 0.25) is 0 Å². The zero-order valence-corrected chi connectivity index (χ0v) is 12.9. The number of amides is 1. The average molecular weight is 299 g/mol. The Hall–Kier alpha value is -2.07. The minimum Gasteiger partial charge on any atom is -0.463 e. The third kappa shape index (κ3) is 3.77. The maximum Gasteiger partial charge on any atom is 0.275 e. The molecule has 1 aliphatic carbocycles. The molecule has 0 unspecified atom stereocenters. The Morgan fingerprint density at radius 1 is 1.27 bits per heavy atom. The van der Waals surface area contributed by atoms with Crippen molar-refractivity contribution in [3.05, 3.63) is 60.1 Å². The van der Waals surface area contributed by atoms with Crippen LogP contribution in [0, 0.1) is 5.92 Å². The number of furan rings is 1. The molecule has 0 bridgehead atoms. The normalized spacial score (nSPS) is 17.0. The maximum absolute atomic E-state index is 12.1. The molecule has 4 nitrogen and oxygen atoms in total. The Morgan fingerprint density at radius 2 is 2.05 bits per heavy atom. The van der Waals surface area contributed by atoms with E-state index in [0.717, 1.165) is 11.3 Å². The van der Waals surface area contributed by atoms with E-state index in [1.165, 1.54) is 12.8 Å². The fraction of sp³-hybridized carbons (Fsp3) is 0.389. The van der Waals surface area contributed by atoms with E-state index >= 15 is 0 Å². The molecule has 1 heterocycles. The summed E-state index contributed by atoms with van der Waals surface area (Å²) < 4.78 is 5.55. The van der Waals surface area contributed by atoms with E-state index in [4.69, 9.17) is 4.42 Å². The van der Waals surface area contributed by atoms with Crippen molar-refractivity contribution in [1.29, 1.82) is 0 Å². The highest BCUT2D eigenvalue weighted by Gasteiger charge is 2.29. The smallest absolute Gasteiger partial charge is 0.275 e. The Kier molecular flexibility index (Phi) is 4.59. The van der Waals surface area contributed by atoms with Crippen LogP contribution in [0.3, 0.4) is 0 Å². The first-order valence-electron chi connectivity index (χ1n) is 7.95. The summed E-state index contributed by atoms with van der Waals surface area (Å²) in [6, 6.07) is 14.3. The molecule has 1 aromatic heterocycles. The summed E-state index contributed by atoms with van der Waals surface area (Å²) in [5, 5.41) is 5.12. The number of carbonyl (C=O) groups is 1. The van der Waals surface area contributed by atoms with Crippen LogP contribution in [0.25, 0.3) is 0 Å². The van der Waals surface area contributed by atoms with Crippen LogP contribution < -0.4 is 10.6 Å². The van der Waals surface area contributed by atoms with E-state index in [-0.39, 0.29) is 11.9 Å². The van der Waals surface area contributed by atoms with Crippen LogP contribution in [0.1, 0.15) is 37.1 Å². The molecule has 0 radical (unpaired) electrons. The van der Waals surface area contributed by atoms with Gasteiger partial charge >= 0.3 is 0 Å². The summed E-state index contributed by atoms with van der Waals surface area (Å²) in [6.45, 7) is 2.49. The molecule has 1 saturated carbocycles. The van der Waals surface area contributed by atoms with E-state index in [9.17, 15) is 4.79 Å². The van der Waals surface area contributed by atoms with Gasteiger partial charge in [-0.2, -0.15) is 0 Å². The zero-order chi connectivity index (χ0) is 15.4. The summed E-state index contributed by atoms with van der Waals surface area (Å²) in [7, 11) is 0. The van der Waals surface area contributed by atoms with Crippen molar-refractivity contribution in [3.8, 4) is 0 Å². The van der Waals surface area contributed by atoms with Gasteiger partial charge in [0, 0.05) is 11.6 Å². The molecule has 22 heavy (non-hydrogen) atoms. The molecule has 1 aliphatic rings. The van der Waals surface area contributed by atoms with Gasteiger partial charge in [0.15, 0.2) is 18.3 Å². The molecule has 3 N–H and O–H groups in total. The van der Waals surface area contributed by atoms with Gasteiger partial charge in [-0.05, 0) is 37.8 Å². The first-order valence-corrected chi connectivity index (χ1v) is 7.95. The monoisotopic (exact) mass is 299 g/mol. The van der Waals surface area contributed by atoms with Crippen molar-refractivity contribution >= 4 is 5.91 Å². The second kappa shape index (κ2) is 6.79. The number of rotatable bonds is 7. The van der Waals surface area contributed by atoms with Gasteiger partial charge in [-0.3, -0.25) is 4.79 Å². The van der Waals surface area contributed by atoms with E-state index in [1.807, 2.05) is 35.6 Å². The van der Waals surface area contributed by atoms with Gasteiger partial charge in [-0.15, -0.1) is 0 Å². The average Bonchev–Trinajstić information content (AvgIpc) is 3.25. The van der Waals surface area contributed by atoms with Crippen LogP contribution in [-0.4, -0.2) is 18.5 Å². The van der Waals surface area contributed by atoms with E-state index < -0.39 is 0 Å². The first-order chi connectivity index (χ1) is 10.7. The standard InChI is InChI=1S/C18H22N2O2/c1-13(14-9-10-14)20-17(21)12-19-18(16-8-5-11-22-16)15-6-3-2-4-7-15/h2-8,11,13-14,18-19H,9-10,12H2,1H3,(H,20,21)/p+1/t13-,18+/m0/s1. The molecule has 4 heteroatoms. The summed E-state index contributed by atoms with van der Waals surface area (Å²) in [4.78, 5) is 12.1. The second-order valence-corrected chi connectivity index (χ2v) is 6.04. The van der Waals surface area contributed by atoms with Crippen molar-refractivity contribution < 1.29 is 14.5 Å². The van der Waals surface area contributed by atoms with Gasteiger partial charge in [0.1, 0.15) is 0 Å². The number of quaternary nitrogens is 1. The van der Waals surface area contributed by atoms with Crippen LogP contribution in [0.5, 0.6) is 0 Å². The topological polar surface area (TPSA) is 58.9 Å². The Balaban J connectivity index is 1.62. The molecule has 0 saturated heterocycles. The second-order valence-electron chi connectivity index (χ2n) is 6.04. The maximum atomic E-state index is 12.1. The number of hydrogen-bond donors (Lipinski definition) is 2. The van der Waals surface area contributed by atoms with Crippen molar-refractivity contribution in [3.63, 3.8) is 0 Å². The summed E-state index contributed by atoms with van der Waals surface area (Å²) >= 11 is 0. The van der Waals surface area contributed by atoms with Crippen molar-refractivity contribution in [1.82, 2.24) is 5.32 Å². The molecule has 3 rings (SSSR count). The molecule has 116 valence electrons. The third-order valence-corrected chi connectivity index (χ3v) is 4.27. The number of hydrogen-bond acceptors (Lipinski definition) is 2. The molecule has 2 atom stereocenters.